The van der Waals surface area contributed by atoms with Gasteiger partial charge in [0.15, 0.2) is 0 Å². The van der Waals surface area contributed by atoms with E-state index in [0.717, 1.165) is 11.3 Å². The SMILES string of the molecule is CCC(NCc1cccc(N)c1)C(=O)OC(C)(C)C. The molecular weight excluding hydrogens is 240 g/mol. The summed E-state index contributed by atoms with van der Waals surface area (Å²) in [7, 11) is 0. The maximum atomic E-state index is 12.0. The molecule has 1 atom stereocenters. The van der Waals surface area contributed by atoms with E-state index in [4.69, 9.17) is 10.5 Å². The molecule has 19 heavy (non-hydrogen) atoms. The number of nitrogens with one attached hydrogen (secondary N) is 1. The number of carbonyl (C=O) groups is 1. The summed E-state index contributed by atoms with van der Waals surface area (Å²) in [6.07, 6.45) is 0.692. The molecule has 0 spiro atoms. The first kappa shape index (κ1) is 15.5. The van der Waals surface area contributed by atoms with Crippen molar-refractivity contribution >= 4 is 11.7 Å². The largest absolute Gasteiger partial charge is 0.459 e. The molecule has 1 aromatic carbocycles. The quantitative estimate of drug-likeness (QED) is 0.633. The summed E-state index contributed by atoms with van der Waals surface area (Å²) in [6.45, 7) is 8.17. The van der Waals surface area contributed by atoms with E-state index in [2.05, 4.69) is 5.32 Å². The monoisotopic (exact) mass is 264 g/mol. The zero-order valence-corrected chi connectivity index (χ0v) is 12.2. The molecule has 1 unspecified atom stereocenters. The van der Waals surface area contributed by atoms with Gasteiger partial charge < -0.3 is 15.8 Å². The highest BCUT2D eigenvalue weighted by Gasteiger charge is 2.23. The molecule has 106 valence electrons. The van der Waals surface area contributed by atoms with Crippen molar-refractivity contribution in [3.8, 4) is 0 Å². The first-order chi connectivity index (χ1) is 8.81. The summed E-state index contributed by atoms with van der Waals surface area (Å²) in [5.41, 5.74) is 7.05. The Balaban J connectivity index is 2.55. The van der Waals surface area contributed by atoms with Gasteiger partial charge in [-0.15, -0.1) is 0 Å². The molecule has 0 aliphatic heterocycles. The molecule has 1 rings (SSSR count). The van der Waals surface area contributed by atoms with Crippen LogP contribution in [0.2, 0.25) is 0 Å². The zero-order chi connectivity index (χ0) is 14.5. The highest BCUT2D eigenvalue weighted by atomic mass is 16.6. The lowest BCUT2D eigenvalue weighted by Gasteiger charge is -2.24. The van der Waals surface area contributed by atoms with Crippen molar-refractivity contribution in [2.45, 2.75) is 52.3 Å². The lowest BCUT2D eigenvalue weighted by Crippen LogP contribution is -2.40. The van der Waals surface area contributed by atoms with Crippen molar-refractivity contribution in [2.24, 2.45) is 0 Å². The van der Waals surface area contributed by atoms with E-state index >= 15 is 0 Å². The van der Waals surface area contributed by atoms with Crippen LogP contribution in [0, 0.1) is 0 Å². The van der Waals surface area contributed by atoms with E-state index in [1.807, 2.05) is 52.0 Å². The Hall–Kier alpha value is -1.55. The van der Waals surface area contributed by atoms with Crippen molar-refractivity contribution in [2.75, 3.05) is 5.73 Å². The number of hydrogen-bond donors (Lipinski definition) is 2. The van der Waals surface area contributed by atoms with Gasteiger partial charge >= 0.3 is 5.97 Å². The predicted octanol–water partition coefficient (Wildman–Crippen LogP) is 2.48. The molecule has 0 bridgehead atoms. The Morgan fingerprint density at radius 3 is 2.63 bits per heavy atom. The second kappa shape index (κ2) is 6.57. The summed E-state index contributed by atoms with van der Waals surface area (Å²) in [6, 6.07) is 7.33. The van der Waals surface area contributed by atoms with E-state index in [0.29, 0.717) is 13.0 Å². The predicted molar refractivity (Wildman–Crippen MR) is 77.6 cm³/mol. The molecule has 0 saturated carbocycles. The minimum Gasteiger partial charge on any atom is -0.459 e. The number of rotatable bonds is 5. The molecule has 0 fully saturated rings. The number of esters is 1. The average Bonchev–Trinajstić information content (AvgIpc) is 2.27. The molecule has 0 radical (unpaired) electrons. The minimum absolute atomic E-state index is 0.209. The highest BCUT2D eigenvalue weighted by molar-refractivity contribution is 5.76. The number of hydrogen-bond acceptors (Lipinski definition) is 4. The molecule has 0 aliphatic rings. The van der Waals surface area contributed by atoms with Crippen molar-refractivity contribution in [3.63, 3.8) is 0 Å². The van der Waals surface area contributed by atoms with Crippen LogP contribution in [0.1, 0.15) is 39.7 Å². The fourth-order valence-corrected chi connectivity index (χ4v) is 1.71. The minimum atomic E-state index is -0.455. The van der Waals surface area contributed by atoms with Crippen LogP contribution in [0.5, 0.6) is 0 Å². The second-order valence-corrected chi connectivity index (χ2v) is 5.62. The molecule has 1 aromatic rings. The molecular formula is C15H24N2O2. The molecule has 0 saturated heterocycles. The van der Waals surface area contributed by atoms with Gasteiger partial charge in [0.25, 0.3) is 0 Å². The van der Waals surface area contributed by atoms with Gasteiger partial charge in [-0.2, -0.15) is 0 Å². The summed E-state index contributed by atoms with van der Waals surface area (Å²) >= 11 is 0. The van der Waals surface area contributed by atoms with Gasteiger partial charge in [0.2, 0.25) is 0 Å². The maximum absolute atomic E-state index is 12.0. The molecule has 0 amide bonds. The number of ether oxygens (including phenoxy) is 1. The number of carbonyl (C=O) groups excluding carboxylic acids is 1. The standard InChI is InChI=1S/C15H24N2O2/c1-5-13(14(18)19-15(2,3)4)17-10-11-7-6-8-12(16)9-11/h6-9,13,17H,5,10,16H2,1-4H3. The van der Waals surface area contributed by atoms with E-state index < -0.39 is 5.60 Å². The Labute approximate surface area is 115 Å². The van der Waals surface area contributed by atoms with E-state index in [1.54, 1.807) is 0 Å². The van der Waals surface area contributed by atoms with Gasteiger partial charge in [-0.1, -0.05) is 19.1 Å². The lowest BCUT2D eigenvalue weighted by molar-refractivity contribution is -0.157. The van der Waals surface area contributed by atoms with E-state index in [-0.39, 0.29) is 12.0 Å². The third kappa shape index (κ3) is 5.75. The van der Waals surface area contributed by atoms with Crippen LogP contribution in [0.25, 0.3) is 0 Å². The summed E-state index contributed by atoms with van der Waals surface area (Å²) < 4.78 is 5.38. The first-order valence-corrected chi connectivity index (χ1v) is 6.62. The molecule has 0 heterocycles. The lowest BCUT2D eigenvalue weighted by atomic mass is 10.1. The van der Waals surface area contributed by atoms with E-state index in [1.165, 1.54) is 0 Å². The van der Waals surface area contributed by atoms with Gasteiger partial charge in [-0.25, -0.2) is 0 Å². The number of nitrogens with two attached hydrogens (primary N) is 1. The topological polar surface area (TPSA) is 64.3 Å². The summed E-state index contributed by atoms with van der Waals surface area (Å²) in [5, 5.41) is 3.21. The maximum Gasteiger partial charge on any atom is 0.323 e. The molecule has 0 aliphatic carbocycles. The molecule has 4 nitrogen and oxygen atoms in total. The second-order valence-electron chi connectivity index (χ2n) is 5.62. The summed E-state index contributed by atoms with van der Waals surface area (Å²) in [4.78, 5) is 12.0. The number of anilines is 1. The van der Waals surface area contributed by atoms with E-state index in [9.17, 15) is 4.79 Å². The highest BCUT2D eigenvalue weighted by Crippen LogP contribution is 2.11. The number of nitrogen functional groups attached to an aromatic ring is 1. The van der Waals surface area contributed by atoms with Crippen LogP contribution in [0.15, 0.2) is 24.3 Å². The third-order valence-corrected chi connectivity index (χ3v) is 2.60. The Morgan fingerprint density at radius 2 is 2.11 bits per heavy atom. The zero-order valence-electron chi connectivity index (χ0n) is 12.2. The first-order valence-electron chi connectivity index (χ1n) is 6.62. The Morgan fingerprint density at radius 1 is 1.42 bits per heavy atom. The van der Waals surface area contributed by atoms with Crippen LogP contribution in [-0.4, -0.2) is 17.6 Å². The van der Waals surface area contributed by atoms with Crippen molar-refractivity contribution in [1.29, 1.82) is 0 Å². The normalized spacial score (nSPS) is 13.1. The fraction of sp³-hybridized carbons (Fsp3) is 0.533. The van der Waals surface area contributed by atoms with Crippen molar-refractivity contribution < 1.29 is 9.53 Å². The van der Waals surface area contributed by atoms with Crippen LogP contribution < -0.4 is 11.1 Å². The molecule has 4 heteroatoms. The van der Waals surface area contributed by atoms with Crippen LogP contribution in [-0.2, 0) is 16.1 Å². The van der Waals surface area contributed by atoms with Gasteiger partial charge in [0, 0.05) is 12.2 Å². The Kier molecular flexibility index (Phi) is 5.36. The third-order valence-electron chi connectivity index (χ3n) is 2.60. The molecule has 0 aromatic heterocycles. The fourth-order valence-electron chi connectivity index (χ4n) is 1.71. The summed E-state index contributed by atoms with van der Waals surface area (Å²) in [5.74, 6) is -0.209. The van der Waals surface area contributed by atoms with Gasteiger partial charge in [0.1, 0.15) is 11.6 Å². The van der Waals surface area contributed by atoms with Crippen molar-refractivity contribution in [3.05, 3.63) is 29.8 Å². The average molecular weight is 264 g/mol. The van der Waals surface area contributed by atoms with Gasteiger partial charge in [-0.05, 0) is 44.9 Å². The number of benzene rings is 1. The van der Waals surface area contributed by atoms with Gasteiger partial charge in [-0.3, -0.25) is 4.79 Å². The Bertz CT molecular complexity index is 424. The van der Waals surface area contributed by atoms with Crippen LogP contribution in [0.3, 0.4) is 0 Å². The van der Waals surface area contributed by atoms with Crippen molar-refractivity contribution in [1.82, 2.24) is 5.32 Å². The molecule has 3 N–H and O–H groups in total. The van der Waals surface area contributed by atoms with Gasteiger partial charge in [0.05, 0.1) is 0 Å². The van der Waals surface area contributed by atoms with Crippen LogP contribution in [0.4, 0.5) is 5.69 Å². The van der Waals surface area contributed by atoms with Crippen LogP contribution >= 0.6 is 0 Å². The smallest absolute Gasteiger partial charge is 0.323 e.